The fourth-order valence-electron chi connectivity index (χ4n) is 1.56. The van der Waals surface area contributed by atoms with E-state index < -0.39 is 0 Å². The minimum Gasteiger partial charge on any atom is -0.465 e. The topological polar surface area (TPSA) is 68.3 Å². The van der Waals surface area contributed by atoms with Crippen molar-refractivity contribution in [1.29, 1.82) is 0 Å². The molecule has 3 rings (SSSR count). The predicted molar refractivity (Wildman–Crippen MR) is 76.2 cm³/mol. The van der Waals surface area contributed by atoms with Gasteiger partial charge in [0.25, 0.3) is 0 Å². The second kappa shape index (κ2) is 5.58. The highest BCUT2D eigenvalue weighted by Gasteiger charge is 2.08. The molecule has 0 aromatic carbocycles. The van der Waals surface area contributed by atoms with E-state index in [1.807, 2.05) is 11.4 Å². The molecule has 6 heteroatoms. The molecule has 100 valence electrons. The third-order valence-electron chi connectivity index (χ3n) is 2.45. The number of hydrogen-bond acceptors (Lipinski definition) is 5. The number of amides is 1. The molecule has 0 radical (unpaired) electrons. The van der Waals surface area contributed by atoms with Crippen LogP contribution in [-0.4, -0.2) is 10.9 Å². The third kappa shape index (κ3) is 2.86. The molecule has 5 nitrogen and oxygen atoms in total. The van der Waals surface area contributed by atoms with Gasteiger partial charge in [-0.3, -0.25) is 10.1 Å². The molecule has 3 aromatic rings. The van der Waals surface area contributed by atoms with Gasteiger partial charge < -0.3 is 8.83 Å². The summed E-state index contributed by atoms with van der Waals surface area (Å²) in [5, 5.41) is 5.03. The second-order valence-electron chi connectivity index (χ2n) is 3.85. The third-order valence-corrected chi connectivity index (χ3v) is 3.21. The first kappa shape index (κ1) is 12.4. The molecule has 3 aromatic heterocycles. The van der Waals surface area contributed by atoms with Gasteiger partial charge in [0.15, 0.2) is 10.9 Å². The maximum atomic E-state index is 11.7. The van der Waals surface area contributed by atoms with Gasteiger partial charge in [-0.25, -0.2) is 4.98 Å². The van der Waals surface area contributed by atoms with Crippen LogP contribution in [0.5, 0.6) is 0 Å². The Morgan fingerprint density at radius 1 is 1.25 bits per heavy atom. The molecule has 1 N–H and O–H groups in total. The highest BCUT2D eigenvalue weighted by atomic mass is 32.1. The molecule has 0 saturated heterocycles. The number of furan rings is 2. The van der Waals surface area contributed by atoms with Gasteiger partial charge in [-0.2, -0.15) is 0 Å². The largest absolute Gasteiger partial charge is 0.465 e. The number of nitrogens with one attached hydrogen (secondary N) is 1. The standard InChI is InChI=1S/C14H10N2O3S/c17-13(6-5-10-3-1-7-18-10)16-14-15-11(9-20-14)12-4-2-8-19-12/h1-9H,(H,15,16,17). The lowest BCUT2D eigenvalue weighted by atomic mass is 10.4. The van der Waals surface area contributed by atoms with Crippen LogP contribution in [0.1, 0.15) is 5.76 Å². The molecule has 0 spiro atoms. The zero-order valence-electron chi connectivity index (χ0n) is 10.3. The van der Waals surface area contributed by atoms with E-state index in [4.69, 9.17) is 8.83 Å². The number of nitrogens with zero attached hydrogens (tertiary/aromatic N) is 1. The van der Waals surface area contributed by atoms with Crippen LogP contribution >= 0.6 is 11.3 Å². The normalized spacial score (nSPS) is 11.0. The molecule has 0 aliphatic rings. The Labute approximate surface area is 118 Å². The van der Waals surface area contributed by atoms with Crippen molar-refractivity contribution in [2.45, 2.75) is 0 Å². The van der Waals surface area contributed by atoms with Crippen LogP contribution in [0.2, 0.25) is 0 Å². The van der Waals surface area contributed by atoms with Gasteiger partial charge in [0.05, 0.1) is 12.5 Å². The van der Waals surface area contributed by atoms with Crippen molar-refractivity contribution in [2.24, 2.45) is 0 Å². The van der Waals surface area contributed by atoms with Gasteiger partial charge in [-0.15, -0.1) is 11.3 Å². The molecule has 20 heavy (non-hydrogen) atoms. The minimum absolute atomic E-state index is 0.262. The van der Waals surface area contributed by atoms with Gasteiger partial charge in [0.1, 0.15) is 11.5 Å². The Morgan fingerprint density at radius 3 is 2.85 bits per heavy atom. The van der Waals surface area contributed by atoms with E-state index >= 15 is 0 Å². The first-order chi connectivity index (χ1) is 9.81. The van der Waals surface area contributed by atoms with E-state index in [1.54, 1.807) is 36.8 Å². The van der Waals surface area contributed by atoms with Crippen molar-refractivity contribution < 1.29 is 13.6 Å². The van der Waals surface area contributed by atoms with Crippen LogP contribution in [0, 0.1) is 0 Å². The smallest absolute Gasteiger partial charge is 0.250 e. The molecule has 3 heterocycles. The summed E-state index contributed by atoms with van der Waals surface area (Å²) in [4.78, 5) is 16.0. The molecule has 0 fully saturated rings. The summed E-state index contributed by atoms with van der Waals surface area (Å²) in [5.41, 5.74) is 0.699. The molecule has 1 amide bonds. The number of thiazole rings is 1. The molecule has 0 unspecified atom stereocenters. The average Bonchev–Trinajstić information content (AvgIpc) is 3.18. The number of aromatic nitrogens is 1. The fraction of sp³-hybridized carbons (Fsp3) is 0. The Morgan fingerprint density at radius 2 is 2.10 bits per heavy atom. The molecule has 0 aliphatic heterocycles. The summed E-state index contributed by atoms with van der Waals surface area (Å²) < 4.78 is 10.3. The summed E-state index contributed by atoms with van der Waals surface area (Å²) in [7, 11) is 0. The highest BCUT2D eigenvalue weighted by Crippen LogP contribution is 2.24. The van der Waals surface area contributed by atoms with Crippen LogP contribution in [0.4, 0.5) is 5.13 Å². The Hall–Kier alpha value is -2.60. The van der Waals surface area contributed by atoms with Gasteiger partial charge in [-0.1, -0.05) is 0 Å². The Balaban J connectivity index is 1.65. The summed E-state index contributed by atoms with van der Waals surface area (Å²) in [5.74, 6) is 1.03. The maximum Gasteiger partial charge on any atom is 0.250 e. The number of carbonyl (C=O) groups excluding carboxylic acids is 1. The quantitative estimate of drug-likeness (QED) is 0.743. The first-order valence-corrected chi connectivity index (χ1v) is 6.71. The summed E-state index contributed by atoms with van der Waals surface area (Å²) >= 11 is 1.34. The van der Waals surface area contributed by atoms with Gasteiger partial charge in [-0.05, 0) is 30.3 Å². The molecule has 0 atom stereocenters. The van der Waals surface area contributed by atoms with Crippen LogP contribution in [0.15, 0.2) is 57.1 Å². The zero-order chi connectivity index (χ0) is 13.8. The average molecular weight is 286 g/mol. The second-order valence-corrected chi connectivity index (χ2v) is 4.71. The predicted octanol–water partition coefficient (Wildman–Crippen LogP) is 3.65. The molecule has 0 aliphatic carbocycles. The first-order valence-electron chi connectivity index (χ1n) is 5.83. The maximum absolute atomic E-state index is 11.7. The lowest BCUT2D eigenvalue weighted by molar-refractivity contribution is -0.111. The van der Waals surface area contributed by atoms with Crippen molar-refractivity contribution in [2.75, 3.05) is 5.32 Å². The molecular weight excluding hydrogens is 276 g/mol. The van der Waals surface area contributed by atoms with E-state index in [1.165, 1.54) is 17.4 Å². The van der Waals surface area contributed by atoms with Crippen LogP contribution in [0.3, 0.4) is 0 Å². The van der Waals surface area contributed by atoms with Crippen molar-refractivity contribution in [1.82, 2.24) is 4.98 Å². The van der Waals surface area contributed by atoms with Crippen molar-refractivity contribution >= 4 is 28.5 Å². The number of anilines is 1. The zero-order valence-corrected chi connectivity index (χ0v) is 11.1. The van der Waals surface area contributed by atoms with Crippen LogP contribution in [-0.2, 0) is 4.79 Å². The van der Waals surface area contributed by atoms with Gasteiger partial charge >= 0.3 is 0 Å². The van der Waals surface area contributed by atoms with Crippen molar-refractivity contribution in [3.63, 3.8) is 0 Å². The van der Waals surface area contributed by atoms with E-state index in [0.717, 1.165) is 0 Å². The van der Waals surface area contributed by atoms with E-state index in [-0.39, 0.29) is 5.91 Å². The molecule has 0 saturated carbocycles. The molecular formula is C14H10N2O3S. The van der Waals surface area contributed by atoms with Crippen LogP contribution in [0.25, 0.3) is 17.5 Å². The highest BCUT2D eigenvalue weighted by molar-refractivity contribution is 7.14. The Kier molecular flexibility index (Phi) is 3.47. The SMILES string of the molecule is O=C(C=Cc1ccco1)Nc1nc(-c2ccco2)cs1. The molecule has 0 bridgehead atoms. The Bertz CT molecular complexity index is 712. The minimum atomic E-state index is -0.262. The fourth-order valence-corrected chi connectivity index (χ4v) is 2.26. The van der Waals surface area contributed by atoms with Crippen molar-refractivity contribution in [3.05, 3.63) is 54.0 Å². The van der Waals surface area contributed by atoms with E-state index in [2.05, 4.69) is 10.3 Å². The number of hydrogen-bond donors (Lipinski definition) is 1. The van der Waals surface area contributed by atoms with Gasteiger partial charge in [0, 0.05) is 11.5 Å². The summed E-state index contributed by atoms with van der Waals surface area (Å²) in [6.07, 6.45) is 6.12. The van der Waals surface area contributed by atoms with Crippen molar-refractivity contribution in [3.8, 4) is 11.5 Å². The van der Waals surface area contributed by atoms with E-state index in [9.17, 15) is 4.79 Å². The summed E-state index contributed by atoms with van der Waals surface area (Å²) in [6, 6.07) is 7.13. The number of rotatable bonds is 4. The summed E-state index contributed by atoms with van der Waals surface area (Å²) in [6.45, 7) is 0. The monoisotopic (exact) mass is 286 g/mol. The number of carbonyl (C=O) groups is 1. The lowest BCUT2D eigenvalue weighted by Crippen LogP contribution is -2.07. The van der Waals surface area contributed by atoms with Gasteiger partial charge in [0.2, 0.25) is 5.91 Å². The van der Waals surface area contributed by atoms with Crippen LogP contribution < -0.4 is 5.32 Å². The lowest BCUT2D eigenvalue weighted by Gasteiger charge is -1.94. The van der Waals surface area contributed by atoms with E-state index in [0.29, 0.717) is 22.3 Å².